The molecular weight excluding hydrogens is 500 g/mol. The molecule has 0 fully saturated rings. The predicted octanol–water partition coefficient (Wildman–Crippen LogP) is 5.59. The molecule has 7 nitrogen and oxygen atoms in total. The Bertz CT molecular complexity index is 1500. The van der Waals surface area contributed by atoms with Crippen LogP contribution in [0.3, 0.4) is 0 Å². The summed E-state index contributed by atoms with van der Waals surface area (Å²) in [5, 5.41) is 0.525. The second-order valence-electron chi connectivity index (χ2n) is 8.84. The molecule has 0 N–H and O–H groups in total. The number of carbonyl (C=O) groups excluding carboxylic acids is 1. The molecule has 198 valence electrons. The van der Waals surface area contributed by atoms with Crippen LogP contribution >= 0.6 is 11.3 Å². The second kappa shape index (κ2) is 12.1. The quantitative estimate of drug-likeness (QED) is 0.185. The number of esters is 1. The van der Waals surface area contributed by atoms with Crippen LogP contribution in [0.25, 0.3) is 20.7 Å². The van der Waals surface area contributed by atoms with Crippen molar-refractivity contribution in [2.24, 2.45) is 0 Å². The van der Waals surface area contributed by atoms with E-state index in [9.17, 15) is 9.59 Å². The summed E-state index contributed by atoms with van der Waals surface area (Å²) in [6, 6.07) is 15.5. The fraction of sp³-hybridized carbons (Fsp3) is 0.267. The van der Waals surface area contributed by atoms with Gasteiger partial charge in [-0.15, -0.1) is 17.9 Å². The molecule has 2 aromatic carbocycles. The summed E-state index contributed by atoms with van der Waals surface area (Å²) in [5.41, 5.74) is 2.45. The van der Waals surface area contributed by atoms with E-state index in [1.807, 2.05) is 66.2 Å². The summed E-state index contributed by atoms with van der Waals surface area (Å²) >= 11 is 1.53. The van der Waals surface area contributed by atoms with Gasteiger partial charge in [-0.3, -0.25) is 9.69 Å². The lowest BCUT2D eigenvalue weighted by Crippen LogP contribution is -2.23. The first-order chi connectivity index (χ1) is 18.4. The van der Waals surface area contributed by atoms with Gasteiger partial charge in [0, 0.05) is 29.7 Å². The Morgan fingerprint density at radius 1 is 1.11 bits per heavy atom. The molecule has 0 saturated carbocycles. The van der Waals surface area contributed by atoms with Gasteiger partial charge in [0.25, 0.3) is 0 Å². The van der Waals surface area contributed by atoms with Crippen LogP contribution in [-0.4, -0.2) is 49.9 Å². The molecule has 0 amide bonds. The Kier molecular flexibility index (Phi) is 8.66. The predicted molar refractivity (Wildman–Crippen MR) is 153 cm³/mol. The fourth-order valence-corrected chi connectivity index (χ4v) is 5.76. The molecule has 0 aliphatic rings. The maximum Gasteiger partial charge on any atom is 0.343 e. The van der Waals surface area contributed by atoms with E-state index >= 15 is 0 Å². The van der Waals surface area contributed by atoms with Gasteiger partial charge < -0.3 is 18.8 Å². The number of hydrogen-bond acceptors (Lipinski definition) is 7. The summed E-state index contributed by atoms with van der Waals surface area (Å²) in [4.78, 5) is 30.6. The van der Waals surface area contributed by atoms with Gasteiger partial charge in [0.1, 0.15) is 21.9 Å². The number of likely N-dealkylation sites (N-methyl/N-ethyl adjacent to an activating group) is 1. The maximum absolute atomic E-state index is 13.9. The third-order valence-electron chi connectivity index (χ3n) is 6.26. The first-order valence-electron chi connectivity index (χ1n) is 12.3. The van der Waals surface area contributed by atoms with Gasteiger partial charge in [0.15, 0.2) is 0 Å². The average Bonchev–Trinajstić information content (AvgIpc) is 3.30. The highest BCUT2D eigenvalue weighted by atomic mass is 32.1. The van der Waals surface area contributed by atoms with Crippen molar-refractivity contribution in [1.82, 2.24) is 9.47 Å². The number of para-hydroxylation sites is 1. The Hall–Kier alpha value is -3.88. The Labute approximate surface area is 226 Å². The highest BCUT2D eigenvalue weighted by Crippen LogP contribution is 2.39. The highest BCUT2D eigenvalue weighted by Gasteiger charge is 2.25. The van der Waals surface area contributed by atoms with E-state index in [0.717, 1.165) is 37.9 Å². The monoisotopic (exact) mass is 532 g/mol. The Morgan fingerprint density at radius 2 is 1.84 bits per heavy atom. The van der Waals surface area contributed by atoms with Crippen LogP contribution in [0.1, 0.15) is 28.4 Å². The summed E-state index contributed by atoms with van der Waals surface area (Å²) in [6.45, 7) is 7.32. The Morgan fingerprint density at radius 3 is 2.50 bits per heavy atom. The smallest absolute Gasteiger partial charge is 0.343 e. The molecule has 2 aromatic heterocycles. The minimum absolute atomic E-state index is 0.0148. The molecule has 0 atom stereocenters. The molecule has 0 aliphatic carbocycles. The normalized spacial score (nSPS) is 11.1. The molecule has 0 unspecified atom stereocenters. The number of hydrogen-bond donors (Lipinski definition) is 0. The molecule has 2 heterocycles. The molecule has 0 spiro atoms. The van der Waals surface area contributed by atoms with Gasteiger partial charge in [0.05, 0.1) is 32.8 Å². The Balaban J connectivity index is 2.02. The van der Waals surface area contributed by atoms with Gasteiger partial charge >= 0.3 is 5.97 Å². The van der Waals surface area contributed by atoms with Crippen LogP contribution in [-0.2, 0) is 17.8 Å². The van der Waals surface area contributed by atoms with E-state index in [1.54, 1.807) is 27.3 Å². The molecule has 8 heteroatoms. The second-order valence-corrected chi connectivity index (χ2v) is 9.84. The highest BCUT2D eigenvalue weighted by molar-refractivity contribution is 7.22. The van der Waals surface area contributed by atoms with Crippen molar-refractivity contribution >= 4 is 27.5 Å². The van der Waals surface area contributed by atoms with E-state index in [0.29, 0.717) is 25.0 Å². The van der Waals surface area contributed by atoms with E-state index in [1.165, 1.54) is 11.3 Å². The van der Waals surface area contributed by atoms with Crippen molar-refractivity contribution in [3.8, 4) is 21.9 Å². The third kappa shape index (κ3) is 5.51. The molecular formula is C30H32N2O5S. The lowest BCUT2D eigenvalue weighted by Gasteiger charge is -2.16. The van der Waals surface area contributed by atoms with Gasteiger partial charge in [-0.05, 0) is 55.4 Å². The van der Waals surface area contributed by atoms with Gasteiger partial charge in [-0.1, -0.05) is 24.3 Å². The van der Waals surface area contributed by atoms with E-state index in [2.05, 4.69) is 11.5 Å². The number of carbonyl (C=O) groups is 1. The van der Waals surface area contributed by atoms with Crippen molar-refractivity contribution < 1.29 is 19.0 Å². The van der Waals surface area contributed by atoms with Crippen LogP contribution in [0.4, 0.5) is 0 Å². The van der Waals surface area contributed by atoms with Crippen molar-refractivity contribution in [3.05, 3.63) is 94.3 Å². The topological polar surface area (TPSA) is 70.0 Å². The van der Waals surface area contributed by atoms with Crippen LogP contribution in [0.2, 0.25) is 0 Å². The van der Waals surface area contributed by atoms with Crippen molar-refractivity contribution in [3.63, 3.8) is 0 Å². The zero-order chi connectivity index (χ0) is 27.2. The standard InChI is InChI=1S/C30H32N2O5S/c1-6-16-31(3)18-23-26-27(33)24(30(34)37-7-2)19-32(17-21-10-8-9-11-25(21)36-5)29(26)38-28(23)20-12-14-22(35-4)15-13-20/h6,8-15,19H,1,7,16-18H2,2-5H3. The molecule has 0 aliphatic heterocycles. The summed E-state index contributed by atoms with van der Waals surface area (Å²) in [5.74, 6) is 0.853. The minimum Gasteiger partial charge on any atom is -0.497 e. The van der Waals surface area contributed by atoms with Gasteiger partial charge in [-0.2, -0.15) is 0 Å². The van der Waals surface area contributed by atoms with Crippen LogP contribution in [0.15, 0.2) is 72.2 Å². The van der Waals surface area contributed by atoms with Crippen LogP contribution < -0.4 is 14.9 Å². The lowest BCUT2D eigenvalue weighted by atomic mass is 10.0. The lowest BCUT2D eigenvalue weighted by molar-refractivity contribution is 0.0524. The zero-order valence-corrected chi connectivity index (χ0v) is 23.0. The summed E-state index contributed by atoms with van der Waals surface area (Å²) in [6.07, 6.45) is 3.44. The first kappa shape index (κ1) is 27.2. The fourth-order valence-electron chi connectivity index (χ4n) is 4.47. The summed E-state index contributed by atoms with van der Waals surface area (Å²) in [7, 11) is 5.24. The van der Waals surface area contributed by atoms with E-state index in [-0.39, 0.29) is 17.6 Å². The van der Waals surface area contributed by atoms with Crippen molar-refractivity contribution in [1.29, 1.82) is 0 Å². The number of pyridine rings is 1. The van der Waals surface area contributed by atoms with Crippen molar-refractivity contribution in [2.75, 3.05) is 34.4 Å². The number of nitrogens with zero attached hydrogens (tertiary/aromatic N) is 2. The number of methoxy groups -OCH3 is 2. The largest absolute Gasteiger partial charge is 0.497 e. The average molecular weight is 533 g/mol. The third-order valence-corrected chi connectivity index (χ3v) is 7.57. The van der Waals surface area contributed by atoms with Crippen molar-refractivity contribution in [2.45, 2.75) is 20.0 Å². The number of fused-ring (bicyclic) bond motifs is 1. The molecule has 4 aromatic rings. The number of thiophene rings is 1. The molecule has 4 rings (SSSR count). The van der Waals surface area contributed by atoms with Gasteiger partial charge in [0.2, 0.25) is 5.43 Å². The zero-order valence-electron chi connectivity index (χ0n) is 22.2. The molecule has 38 heavy (non-hydrogen) atoms. The van der Waals surface area contributed by atoms with Crippen LogP contribution in [0.5, 0.6) is 11.5 Å². The number of benzene rings is 2. The molecule has 0 radical (unpaired) electrons. The minimum atomic E-state index is -0.629. The maximum atomic E-state index is 13.9. The van der Waals surface area contributed by atoms with E-state index < -0.39 is 5.97 Å². The van der Waals surface area contributed by atoms with Crippen LogP contribution in [0, 0.1) is 0 Å². The number of rotatable bonds is 11. The number of aromatic nitrogens is 1. The first-order valence-corrected chi connectivity index (χ1v) is 13.1. The van der Waals surface area contributed by atoms with Gasteiger partial charge in [-0.25, -0.2) is 4.79 Å². The SMILES string of the molecule is C=CCN(C)Cc1c(-c2ccc(OC)cc2)sc2c1c(=O)c(C(=O)OCC)cn2Cc1ccccc1OC. The number of ether oxygens (including phenoxy) is 3. The summed E-state index contributed by atoms with van der Waals surface area (Å²) < 4.78 is 18.2. The molecule has 0 saturated heterocycles. The van der Waals surface area contributed by atoms with E-state index in [4.69, 9.17) is 14.2 Å². The molecule has 0 bridgehead atoms.